The lowest BCUT2D eigenvalue weighted by atomic mass is 10.2. The summed E-state index contributed by atoms with van der Waals surface area (Å²) in [5, 5.41) is 0. The molecule has 0 bridgehead atoms. The van der Waals surface area contributed by atoms with Crippen molar-refractivity contribution in [3.05, 3.63) is 42.1 Å². The first kappa shape index (κ1) is 20.2. The molecule has 1 heterocycles. The molecule has 1 amide bonds. The Morgan fingerprint density at radius 1 is 1.54 bits per heavy atom. The average molecular weight is 336 g/mol. The van der Waals surface area contributed by atoms with Crippen LogP contribution in [0.4, 0.5) is 4.39 Å². The van der Waals surface area contributed by atoms with Crippen LogP contribution >= 0.6 is 0 Å². The highest BCUT2D eigenvalue weighted by atomic mass is 19.1. The van der Waals surface area contributed by atoms with E-state index < -0.39 is 5.83 Å². The zero-order valence-corrected chi connectivity index (χ0v) is 15.1. The molecule has 0 aromatic rings. The Morgan fingerprint density at radius 3 is 2.88 bits per heavy atom. The van der Waals surface area contributed by atoms with E-state index in [2.05, 4.69) is 24.3 Å². The van der Waals surface area contributed by atoms with Crippen molar-refractivity contribution in [3.63, 3.8) is 0 Å². The summed E-state index contributed by atoms with van der Waals surface area (Å²) < 4.78 is 18.0. The Bertz CT molecular complexity index is 521. The van der Waals surface area contributed by atoms with Crippen molar-refractivity contribution in [1.82, 2.24) is 9.80 Å². The minimum Gasteiger partial charge on any atom is -0.493 e. The van der Waals surface area contributed by atoms with E-state index in [4.69, 9.17) is 4.74 Å². The van der Waals surface area contributed by atoms with Gasteiger partial charge in [-0.05, 0) is 45.9 Å². The highest BCUT2D eigenvalue weighted by molar-refractivity contribution is 5.76. The third kappa shape index (κ3) is 7.62. The first-order valence-electron chi connectivity index (χ1n) is 8.48. The van der Waals surface area contributed by atoms with Gasteiger partial charge in [0.1, 0.15) is 11.6 Å². The molecule has 0 radical (unpaired) electrons. The minimum absolute atomic E-state index is 0.131. The summed E-state index contributed by atoms with van der Waals surface area (Å²) in [6.45, 7) is 7.33. The molecule has 24 heavy (non-hydrogen) atoms. The number of likely N-dealkylation sites (tertiary alicyclic amines) is 1. The molecule has 5 heteroatoms. The number of ether oxygens (including phenoxy) is 1. The maximum atomic E-state index is 12.8. The van der Waals surface area contributed by atoms with Gasteiger partial charge in [0.25, 0.3) is 0 Å². The molecule has 1 rings (SSSR count). The first-order chi connectivity index (χ1) is 11.4. The van der Waals surface area contributed by atoms with Crippen molar-refractivity contribution >= 4 is 5.91 Å². The highest BCUT2D eigenvalue weighted by Crippen LogP contribution is 2.15. The van der Waals surface area contributed by atoms with Gasteiger partial charge in [0, 0.05) is 38.2 Å². The fourth-order valence-electron chi connectivity index (χ4n) is 2.68. The predicted molar refractivity (Wildman–Crippen MR) is 95.1 cm³/mol. The molecule has 1 unspecified atom stereocenters. The number of rotatable bonds is 9. The predicted octanol–water partition coefficient (Wildman–Crippen LogP) is 3.43. The molecular weight excluding hydrogens is 307 g/mol. The van der Waals surface area contributed by atoms with Gasteiger partial charge in [-0.25, -0.2) is 4.39 Å². The number of carbonyl (C=O) groups excluding carboxylic acids is 1. The van der Waals surface area contributed by atoms with Crippen molar-refractivity contribution in [2.45, 2.75) is 38.6 Å². The second kappa shape index (κ2) is 10.8. The number of amides is 1. The molecule has 0 spiro atoms. The van der Waals surface area contributed by atoms with Gasteiger partial charge in [0.2, 0.25) is 5.91 Å². The smallest absolute Gasteiger partial charge is 0.222 e. The molecule has 1 aliphatic rings. The summed E-state index contributed by atoms with van der Waals surface area (Å²) >= 11 is 0. The molecule has 1 atom stereocenters. The number of allylic oxidation sites excluding steroid dienone is 3. The summed E-state index contributed by atoms with van der Waals surface area (Å²) in [4.78, 5) is 16.3. The van der Waals surface area contributed by atoms with Crippen LogP contribution in [0.5, 0.6) is 0 Å². The molecule has 4 nitrogen and oxygen atoms in total. The van der Waals surface area contributed by atoms with Gasteiger partial charge in [-0.3, -0.25) is 4.79 Å². The van der Waals surface area contributed by atoms with Crippen LogP contribution in [-0.2, 0) is 9.53 Å². The standard InChI is InChI=1S/C19H29FN2O2/c1-5-24-18(14-16(2)20)11-7-6-8-12-19(23)22(4)15-17-10-9-13-21(17)3/h6,11,14,17H,2,5,8-10,12-13,15H2,1,3-4H3/b18-14+. The van der Waals surface area contributed by atoms with Gasteiger partial charge in [-0.15, -0.1) is 5.73 Å². The molecule has 0 aromatic carbocycles. The average Bonchev–Trinajstić information content (AvgIpc) is 2.91. The van der Waals surface area contributed by atoms with E-state index in [1.54, 1.807) is 12.2 Å². The van der Waals surface area contributed by atoms with E-state index in [1.165, 1.54) is 12.5 Å². The van der Waals surface area contributed by atoms with Crippen LogP contribution in [0.3, 0.4) is 0 Å². The SMILES string of the molecule is C=C(F)/C=C(\C=C=CCCC(=O)N(C)CC1CCCN1C)OCC. The van der Waals surface area contributed by atoms with Crippen molar-refractivity contribution < 1.29 is 13.9 Å². The van der Waals surface area contributed by atoms with Gasteiger partial charge < -0.3 is 14.5 Å². The Balaban J connectivity index is 2.40. The van der Waals surface area contributed by atoms with Crippen molar-refractivity contribution in [2.24, 2.45) is 0 Å². The van der Waals surface area contributed by atoms with E-state index in [0.717, 1.165) is 19.5 Å². The van der Waals surface area contributed by atoms with E-state index in [0.29, 0.717) is 31.2 Å². The Hall–Kier alpha value is -1.84. The van der Waals surface area contributed by atoms with Crippen molar-refractivity contribution in [3.8, 4) is 0 Å². The maximum absolute atomic E-state index is 12.8. The lowest BCUT2D eigenvalue weighted by molar-refractivity contribution is -0.130. The lowest BCUT2D eigenvalue weighted by Gasteiger charge is -2.25. The summed E-state index contributed by atoms with van der Waals surface area (Å²) in [5.41, 5.74) is 2.92. The number of hydrogen-bond acceptors (Lipinski definition) is 3. The van der Waals surface area contributed by atoms with Crippen molar-refractivity contribution in [1.29, 1.82) is 0 Å². The number of carbonyl (C=O) groups is 1. The number of likely N-dealkylation sites (N-methyl/N-ethyl adjacent to an activating group) is 2. The monoisotopic (exact) mass is 336 g/mol. The van der Waals surface area contributed by atoms with Crippen LogP contribution in [0.15, 0.2) is 42.1 Å². The van der Waals surface area contributed by atoms with Crippen LogP contribution in [-0.4, -0.2) is 55.5 Å². The van der Waals surface area contributed by atoms with Gasteiger partial charge in [-0.1, -0.05) is 6.58 Å². The molecule has 0 aliphatic carbocycles. The molecule has 0 N–H and O–H groups in total. The molecular formula is C19H29FN2O2. The third-order valence-electron chi connectivity index (χ3n) is 4.04. The van der Waals surface area contributed by atoms with Crippen LogP contribution in [0.1, 0.15) is 32.6 Å². The summed E-state index contributed by atoms with van der Waals surface area (Å²) in [6.07, 6.45) is 7.92. The zero-order valence-electron chi connectivity index (χ0n) is 15.1. The van der Waals surface area contributed by atoms with Gasteiger partial charge in [0.05, 0.1) is 6.61 Å². The van der Waals surface area contributed by atoms with E-state index in [9.17, 15) is 9.18 Å². The van der Waals surface area contributed by atoms with Crippen LogP contribution in [0.25, 0.3) is 0 Å². The maximum Gasteiger partial charge on any atom is 0.222 e. The summed E-state index contributed by atoms with van der Waals surface area (Å²) in [6, 6.07) is 0.474. The number of halogens is 1. The first-order valence-corrected chi connectivity index (χ1v) is 8.48. The number of hydrogen-bond donors (Lipinski definition) is 0. The molecule has 134 valence electrons. The van der Waals surface area contributed by atoms with E-state index >= 15 is 0 Å². The number of nitrogens with zero attached hydrogens (tertiary/aromatic N) is 2. The molecule has 1 saturated heterocycles. The minimum atomic E-state index is -0.565. The second-order valence-corrected chi connectivity index (χ2v) is 6.03. The Labute approximate surface area is 145 Å². The molecule has 1 fully saturated rings. The van der Waals surface area contributed by atoms with Crippen molar-refractivity contribution in [2.75, 3.05) is 33.8 Å². The van der Waals surface area contributed by atoms with Gasteiger partial charge in [0.15, 0.2) is 0 Å². The van der Waals surface area contributed by atoms with E-state index in [1.807, 2.05) is 18.9 Å². The largest absolute Gasteiger partial charge is 0.493 e. The van der Waals surface area contributed by atoms with Crippen LogP contribution < -0.4 is 0 Å². The summed E-state index contributed by atoms with van der Waals surface area (Å²) in [7, 11) is 3.97. The Morgan fingerprint density at radius 2 is 2.29 bits per heavy atom. The third-order valence-corrected chi connectivity index (χ3v) is 4.04. The zero-order chi connectivity index (χ0) is 17.9. The normalized spacial score (nSPS) is 18.0. The second-order valence-electron chi connectivity index (χ2n) is 6.03. The van der Waals surface area contributed by atoms with Crippen LogP contribution in [0.2, 0.25) is 0 Å². The van der Waals surface area contributed by atoms with Gasteiger partial charge in [-0.2, -0.15) is 0 Å². The molecule has 0 saturated carbocycles. The highest BCUT2D eigenvalue weighted by Gasteiger charge is 2.23. The van der Waals surface area contributed by atoms with E-state index in [-0.39, 0.29) is 5.91 Å². The molecule has 1 aliphatic heterocycles. The summed E-state index contributed by atoms with van der Waals surface area (Å²) in [5.74, 6) is -0.0646. The topological polar surface area (TPSA) is 32.8 Å². The van der Waals surface area contributed by atoms with Gasteiger partial charge >= 0.3 is 0 Å². The quantitative estimate of drug-likeness (QED) is 0.367. The lowest BCUT2D eigenvalue weighted by Crippen LogP contribution is -2.39. The fraction of sp³-hybridized carbons (Fsp3) is 0.579. The fourth-order valence-corrected chi connectivity index (χ4v) is 2.68. The van der Waals surface area contributed by atoms with Crippen LogP contribution in [0, 0.1) is 0 Å². The Kier molecular flexibility index (Phi) is 9.13. The molecule has 0 aromatic heterocycles.